The van der Waals surface area contributed by atoms with E-state index in [1.165, 1.54) is 42.8 Å². The minimum atomic E-state index is 0.167. The molecule has 2 N–H and O–H groups in total. The minimum absolute atomic E-state index is 0.167. The van der Waals surface area contributed by atoms with Crippen molar-refractivity contribution in [2.75, 3.05) is 0 Å². The Bertz CT molecular complexity index is 378. The van der Waals surface area contributed by atoms with Gasteiger partial charge in [-0.2, -0.15) is 0 Å². The SMILES string of the molecule is CC(C)(C)c1csc(CC2CCCCCC2N)n1. The lowest BCUT2D eigenvalue weighted by Crippen LogP contribution is -2.30. The number of nitrogens with two attached hydrogens (primary N) is 1. The maximum Gasteiger partial charge on any atom is 0.0931 e. The molecule has 3 heteroatoms. The molecule has 18 heavy (non-hydrogen) atoms. The van der Waals surface area contributed by atoms with Crippen LogP contribution in [-0.4, -0.2) is 11.0 Å². The number of rotatable bonds is 2. The van der Waals surface area contributed by atoms with Gasteiger partial charge in [-0.05, 0) is 18.8 Å². The predicted molar refractivity (Wildman–Crippen MR) is 79.1 cm³/mol. The summed E-state index contributed by atoms with van der Waals surface area (Å²) in [5, 5.41) is 3.50. The highest BCUT2D eigenvalue weighted by Gasteiger charge is 2.23. The van der Waals surface area contributed by atoms with E-state index in [0.717, 1.165) is 6.42 Å². The van der Waals surface area contributed by atoms with Crippen molar-refractivity contribution in [3.05, 3.63) is 16.1 Å². The fraction of sp³-hybridized carbons (Fsp3) is 0.800. The number of aromatic nitrogens is 1. The highest BCUT2D eigenvalue weighted by molar-refractivity contribution is 7.09. The van der Waals surface area contributed by atoms with Crippen LogP contribution in [0.5, 0.6) is 0 Å². The lowest BCUT2D eigenvalue weighted by molar-refractivity contribution is 0.394. The maximum absolute atomic E-state index is 6.30. The van der Waals surface area contributed by atoms with E-state index in [2.05, 4.69) is 26.2 Å². The standard InChI is InChI=1S/C15H26N2S/c1-15(2,3)13-10-18-14(17-13)9-11-7-5-4-6-8-12(11)16/h10-12H,4-9,16H2,1-3H3. The van der Waals surface area contributed by atoms with Crippen molar-refractivity contribution in [1.29, 1.82) is 0 Å². The van der Waals surface area contributed by atoms with Crippen LogP contribution in [0.4, 0.5) is 0 Å². The van der Waals surface area contributed by atoms with Gasteiger partial charge in [-0.25, -0.2) is 4.98 Å². The van der Waals surface area contributed by atoms with Crippen LogP contribution in [-0.2, 0) is 11.8 Å². The van der Waals surface area contributed by atoms with Crippen molar-refractivity contribution in [3.63, 3.8) is 0 Å². The van der Waals surface area contributed by atoms with E-state index < -0.39 is 0 Å². The van der Waals surface area contributed by atoms with E-state index in [1.54, 1.807) is 0 Å². The smallest absolute Gasteiger partial charge is 0.0931 e. The molecule has 1 aliphatic rings. The first kappa shape index (κ1) is 14.0. The Labute approximate surface area is 115 Å². The van der Waals surface area contributed by atoms with Crippen LogP contribution >= 0.6 is 11.3 Å². The van der Waals surface area contributed by atoms with E-state index in [9.17, 15) is 0 Å². The van der Waals surface area contributed by atoms with Gasteiger partial charge in [0.05, 0.1) is 10.7 Å². The molecule has 1 fully saturated rings. The predicted octanol–water partition coefficient (Wildman–Crippen LogP) is 3.89. The molecule has 2 atom stereocenters. The molecule has 0 saturated heterocycles. The average Bonchev–Trinajstić information content (AvgIpc) is 2.66. The summed E-state index contributed by atoms with van der Waals surface area (Å²) < 4.78 is 0. The Hall–Kier alpha value is -0.410. The van der Waals surface area contributed by atoms with Crippen LogP contribution in [0, 0.1) is 5.92 Å². The molecule has 1 aromatic rings. The van der Waals surface area contributed by atoms with Gasteiger partial charge in [0, 0.05) is 23.3 Å². The van der Waals surface area contributed by atoms with Crippen molar-refractivity contribution in [3.8, 4) is 0 Å². The Morgan fingerprint density at radius 3 is 2.67 bits per heavy atom. The lowest BCUT2D eigenvalue weighted by atomic mass is 9.92. The zero-order chi connectivity index (χ0) is 13.2. The zero-order valence-electron chi connectivity index (χ0n) is 11.9. The second-order valence-corrected chi connectivity index (χ2v) is 7.59. The van der Waals surface area contributed by atoms with Gasteiger partial charge in [-0.3, -0.25) is 0 Å². The molecular weight excluding hydrogens is 240 g/mol. The summed E-state index contributed by atoms with van der Waals surface area (Å²) in [6.07, 6.45) is 7.57. The van der Waals surface area contributed by atoms with Crippen LogP contribution in [0.1, 0.15) is 63.6 Å². The first-order chi connectivity index (χ1) is 8.47. The van der Waals surface area contributed by atoms with Crippen molar-refractivity contribution in [2.24, 2.45) is 11.7 Å². The van der Waals surface area contributed by atoms with Crippen LogP contribution in [0.15, 0.2) is 5.38 Å². The molecule has 2 rings (SSSR count). The Morgan fingerprint density at radius 2 is 2.00 bits per heavy atom. The third-order valence-corrected chi connectivity index (χ3v) is 4.85. The van der Waals surface area contributed by atoms with E-state index in [1.807, 2.05) is 11.3 Å². The molecule has 102 valence electrons. The normalized spacial score (nSPS) is 26.0. The van der Waals surface area contributed by atoms with Crippen LogP contribution in [0.25, 0.3) is 0 Å². The molecule has 0 aliphatic heterocycles. The van der Waals surface area contributed by atoms with Crippen molar-refractivity contribution < 1.29 is 0 Å². The average molecular weight is 266 g/mol. The summed E-state index contributed by atoms with van der Waals surface area (Å²) in [7, 11) is 0. The maximum atomic E-state index is 6.30. The number of hydrogen-bond donors (Lipinski definition) is 1. The van der Waals surface area contributed by atoms with E-state index in [4.69, 9.17) is 10.7 Å². The fourth-order valence-corrected chi connectivity index (χ4v) is 3.76. The summed E-state index contributed by atoms with van der Waals surface area (Å²) >= 11 is 1.81. The van der Waals surface area contributed by atoms with Gasteiger partial charge in [0.1, 0.15) is 0 Å². The summed E-state index contributed by atoms with van der Waals surface area (Å²) in [6, 6.07) is 0.384. The van der Waals surface area contributed by atoms with Crippen molar-refractivity contribution in [2.45, 2.75) is 70.8 Å². The van der Waals surface area contributed by atoms with E-state index in [0.29, 0.717) is 12.0 Å². The number of hydrogen-bond acceptors (Lipinski definition) is 3. The van der Waals surface area contributed by atoms with Crippen LogP contribution in [0.3, 0.4) is 0 Å². The molecule has 1 aromatic heterocycles. The van der Waals surface area contributed by atoms with Gasteiger partial charge in [-0.15, -0.1) is 11.3 Å². The van der Waals surface area contributed by atoms with Crippen molar-refractivity contribution in [1.82, 2.24) is 4.98 Å². The molecule has 1 heterocycles. The molecule has 1 saturated carbocycles. The Morgan fingerprint density at radius 1 is 1.28 bits per heavy atom. The molecule has 0 bridgehead atoms. The van der Waals surface area contributed by atoms with Crippen molar-refractivity contribution >= 4 is 11.3 Å². The first-order valence-electron chi connectivity index (χ1n) is 7.17. The zero-order valence-corrected chi connectivity index (χ0v) is 12.7. The highest BCUT2D eigenvalue weighted by Crippen LogP contribution is 2.29. The molecule has 2 unspecified atom stereocenters. The molecule has 0 spiro atoms. The van der Waals surface area contributed by atoms with Crippen LogP contribution in [0.2, 0.25) is 0 Å². The molecule has 2 nitrogen and oxygen atoms in total. The summed E-state index contributed by atoms with van der Waals surface area (Å²) in [5.74, 6) is 0.645. The van der Waals surface area contributed by atoms with Crippen LogP contribution < -0.4 is 5.73 Å². The van der Waals surface area contributed by atoms with Gasteiger partial charge >= 0.3 is 0 Å². The van der Waals surface area contributed by atoms with Gasteiger partial charge in [0.2, 0.25) is 0 Å². The van der Waals surface area contributed by atoms with Gasteiger partial charge in [-0.1, -0.05) is 40.0 Å². The lowest BCUT2D eigenvalue weighted by Gasteiger charge is -2.20. The molecule has 0 aromatic carbocycles. The second-order valence-electron chi connectivity index (χ2n) is 6.64. The largest absolute Gasteiger partial charge is 0.327 e. The first-order valence-corrected chi connectivity index (χ1v) is 8.05. The molecular formula is C15H26N2S. The third-order valence-electron chi connectivity index (χ3n) is 3.97. The van der Waals surface area contributed by atoms with E-state index >= 15 is 0 Å². The monoisotopic (exact) mass is 266 g/mol. The summed E-state index contributed by atoms with van der Waals surface area (Å²) in [4.78, 5) is 4.80. The Kier molecular flexibility index (Phi) is 4.44. The quantitative estimate of drug-likeness (QED) is 0.825. The highest BCUT2D eigenvalue weighted by atomic mass is 32.1. The molecule has 1 aliphatic carbocycles. The topological polar surface area (TPSA) is 38.9 Å². The Balaban J connectivity index is 2.02. The fourth-order valence-electron chi connectivity index (χ4n) is 2.64. The van der Waals surface area contributed by atoms with Gasteiger partial charge in [0.25, 0.3) is 0 Å². The third kappa shape index (κ3) is 3.55. The molecule has 0 radical (unpaired) electrons. The summed E-state index contributed by atoms with van der Waals surface area (Å²) in [6.45, 7) is 6.68. The summed E-state index contributed by atoms with van der Waals surface area (Å²) in [5.41, 5.74) is 7.69. The number of nitrogens with zero attached hydrogens (tertiary/aromatic N) is 1. The van der Waals surface area contributed by atoms with Gasteiger partial charge < -0.3 is 5.73 Å². The second kappa shape index (κ2) is 5.70. The van der Waals surface area contributed by atoms with E-state index in [-0.39, 0.29) is 5.41 Å². The van der Waals surface area contributed by atoms with Gasteiger partial charge in [0.15, 0.2) is 0 Å². The molecule has 0 amide bonds. The number of thiazole rings is 1. The minimum Gasteiger partial charge on any atom is -0.327 e.